The molecule has 0 N–H and O–H groups in total. The number of likely N-dealkylation sites (tertiary alicyclic amines) is 1. The molecule has 2 aliphatic rings. The molecule has 0 spiro atoms. The van der Waals surface area contributed by atoms with Crippen molar-refractivity contribution < 1.29 is 0 Å². The number of nitrogens with zero attached hydrogens (tertiary/aromatic N) is 2. The predicted molar refractivity (Wildman–Crippen MR) is 114 cm³/mol. The second-order valence-corrected chi connectivity index (χ2v) is 8.40. The summed E-state index contributed by atoms with van der Waals surface area (Å²) in [4.78, 5) is 5.55. The van der Waals surface area contributed by atoms with Crippen LogP contribution in [-0.2, 0) is 13.0 Å². The van der Waals surface area contributed by atoms with E-state index in [2.05, 4.69) is 70.5 Å². The zero-order valence-electron chi connectivity index (χ0n) is 16.6. The molecule has 144 valence electrons. The molecule has 0 amide bonds. The third-order valence-electron chi connectivity index (χ3n) is 6.62. The van der Waals surface area contributed by atoms with Crippen molar-refractivity contribution in [3.8, 4) is 0 Å². The van der Waals surface area contributed by atoms with Gasteiger partial charge in [-0.3, -0.25) is 4.90 Å². The molecule has 0 bridgehead atoms. The van der Waals surface area contributed by atoms with Crippen molar-refractivity contribution >= 4 is 0 Å². The van der Waals surface area contributed by atoms with Crippen LogP contribution < -0.4 is 0 Å². The molecule has 1 saturated carbocycles. The molecule has 27 heavy (non-hydrogen) atoms. The highest BCUT2D eigenvalue weighted by molar-refractivity contribution is 5.16. The zero-order valence-corrected chi connectivity index (χ0v) is 16.6. The quantitative estimate of drug-likeness (QED) is 0.673. The van der Waals surface area contributed by atoms with Crippen LogP contribution >= 0.6 is 0 Å². The van der Waals surface area contributed by atoms with Crippen LogP contribution in [0.1, 0.15) is 49.7 Å². The number of hydrogen-bond donors (Lipinski definition) is 0. The summed E-state index contributed by atoms with van der Waals surface area (Å²) >= 11 is 0. The summed E-state index contributed by atoms with van der Waals surface area (Å²) in [6.07, 6.45) is 9.58. The fourth-order valence-corrected chi connectivity index (χ4v) is 5.01. The van der Waals surface area contributed by atoms with E-state index in [0.29, 0.717) is 0 Å². The average molecular weight is 363 g/mol. The van der Waals surface area contributed by atoms with Crippen LogP contribution in [0.3, 0.4) is 0 Å². The molecule has 0 atom stereocenters. The van der Waals surface area contributed by atoms with Gasteiger partial charge in [-0.1, -0.05) is 73.5 Å². The van der Waals surface area contributed by atoms with Crippen LogP contribution in [0.2, 0.25) is 0 Å². The van der Waals surface area contributed by atoms with Crippen LogP contribution in [0.4, 0.5) is 0 Å². The maximum absolute atomic E-state index is 2.79. The molecule has 2 fully saturated rings. The molecule has 0 unspecified atom stereocenters. The van der Waals surface area contributed by atoms with Crippen LogP contribution in [0.15, 0.2) is 60.7 Å². The summed E-state index contributed by atoms with van der Waals surface area (Å²) < 4.78 is 0. The first kappa shape index (κ1) is 18.7. The number of piperidine rings is 1. The fraction of sp³-hybridized carbons (Fsp3) is 0.520. The first-order chi connectivity index (χ1) is 13.4. The first-order valence-corrected chi connectivity index (χ1v) is 10.9. The van der Waals surface area contributed by atoms with Gasteiger partial charge in [0.2, 0.25) is 0 Å². The minimum Gasteiger partial charge on any atom is -0.300 e. The molecule has 2 nitrogen and oxygen atoms in total. The summed E-state index contributed by atoms with van der Waals surface area (Å²) in [5.74, 6) is 0. The lowest BCUT2D eigenvalue weighted by molar-refractivity contribution is 0.0808. The minimum absolute atomic E-state index is 0.728. The number of benzene rings is 2. The Morgan fingerprint density at radius 2 is 1.33 bits per heavy atom. The highest BCUT2D eigenvalue weighted by atomic mass is 15.2. The monoisotopic (exact) mass is 362 g/mol. The van der Waals surface area contributed by atoms with Crippen molar-refractivity contribution in [1.82, 2.24) is 9.80 Å². The fourth-order valence-electron chi connectivity index (χ4n) is 5.01. The second-order valence-electron chi connectivity index (χ2n) is 8.40. The Bertz CT molecular complexity index is 655. The van der Waals surface area contributed by atoms with Crippen molar-refractivity contribution in [3.05, 3.63) is 71.8 Å². The van der Waals surface area contributed by atoms with Crippen LogP contribution in [-0.4, -0.2) is 41.5 Å². The van der Waals surface area contributed by atoms with Crippen molar-refractivity contribution in [2.75, 3.05) is 19.6 Å². The normalized spacial score (nSPS) is 19.7. The lowest BCUT2D eigenvalue weighted by atomic mass is 9.99. The Morgan fingerprint density at radius 3 is 1.96 bits per heavy atom. The van der Waals surface area contributed by atoms with E-state index in [-0.39, 0.29) is 0 Å². The Hall–Kier alpha value is -1.64. The van der Waals surface area contributed by atoms with Crippen LogP contribution in [0, 0.1) is 0 Å². The van der Waals surface area contributed by atoms with Crippen molar-refractivity contribution in [3.63, 3.8) is 0 Å². The Morgan fingerprint density at radius 1 is 0.741 bits per heavy atom. The van der Waals surface area contributed by atoms with Gasteiger partial charge >= 0.3 is 0 Å². The molecule has 1 heterocycles. The summed E-state index contributed by atoms with van der Waals surface area (Å²) in [5, 5.41) is 0. The van der Waals surface area contributed by atoms with Gasteiger partial charge in [0.15, 0.2) is 0 Å². The summed E-state index contributed by atoms with van der Waals surface area (Å²) in [7, 11) is 0. The van der Waals surface area contributed by atoms with E-state index in [1.807, 2.05) is 0 Å². The Balaban J connectivity index is 1.38. The molecule has 1 saturated heterocycles. The first-order valence-electron chi connectivity index (χ1n) is 10.9. The van der Waals surface area contributed by atoms with Gasteiger partial charge in [0, 0.05) is 25.2 Å². The number of hydrogen-bond acceptors (Lipinski definition) is 2. The molecular formula is C25H34N2. The molecule has 4 rings (SSSR count). The van der Waals surface area contributed by atoms with Crippen molar-refractivity contribution in [2.45, 2.75) is 63.6 Å². The van der Waals surface area contributed by atoms with Gasteiger partial charge in [-0.15, -0.1) is 0 Å². The van der Waals surface area contributed by atoms with Gasteiger partial charge in [0.05, 0.1) is 0 Å². The van der Waals surface area contributed by atoms with Gasteiger partial charge in [-0.2, -0.15) is 0 Å². The smallest absolute Gasteiger partial charge is 0.0236 e. The second kappa shape index (κ2) is 9.52. The van der Waals surface area contributed by atoms with Gasteiger partial charge in [0.1, 0.15) is 0 Å². The molecule has 1 aliphatic heterocycles. The third-order valence-corrected chi connectivity index (χ3v) is 6.62. The predicted octanol–water partition coefficient (Wildman–Crippen LogP) is 5.14. The Kier molecular flexibility index (Phi) is 6.60. The average Bonchev–Trinajstić information content (AvgIpc) is 3.28. The topological polar surface area (TPSA) is 6.48 Å². The molecule has 2 aromatic rings. The highest BCUT2D eigenvalue weighted by Crippen LogP contribution is 2.28. The van der Waals surface area contributed by atoms with E-state index in [1.54, 1.807) is 0 Å². The van der Waals surface area contributed by atoms with E-state index in [0.717, 1.165) is 31.6 Å². The van der Waals surface area contributed by atoms with Crippen molar-refractivity contribution in [1.29, 1.82) is 0 Å². The van der Waals surface area contributed by atoms with Gasteiger partial charge in [-0.05, 0) is 56.3 Å². The molecule has 0 radical (unpaired) electrons. The molecular weight excluding hydrogens is 328 g/mol. The lowest BCUT2D eigenvalue weighted by Crippen LogP contribution is -2.47. The third kappa shape index (κ3) is 5.21. The zero-order chi connectivity index (χ0) is 18.3. The SMILES string of the molecule is c1ccc(CCN(Cc2ccccc2)C2CCN(C3CCCC3)CC2)cc1. The maximum Gasteiger partial charge on any atom is 0.0236 e. The van der Waals surface area contributed by atoms with Crippen molar-refractivity contribution in [2.24, 2.45) is 0 Å². The maximum atomic E-state index is 2.79. The van der Waals surface area contributed by atoms with E-state index in [9.17, 15) is 0 Å². The largest absolute Gasteiger partial charge is 0.300 e. The van der Waals surface area contributed by atoms with E-state index < -0.39 is 0 Å². The molecule has 1 aliphatic carbocycles. The van der Waals surface area contributed by atoms with Crippen LogP contribution in [0.5, 0.6) is 0 Å². The summed E-state index contributed by atoms with van der Waals surface area (Å²) in [6.45, 7) is 4.84. The van der Waals surface area contributed by atoms with E-state index in [1.165, 1.54) is 62.7 Å². The highest BCUT2D eigenvalue weighted by Gasteiger charge is 2.29. The van der Waals surface area contributed by atoms with E-state index >= 15 is 0 Å². The minimum atomic E-state index is 0.728. The summed E-state index contributed by atoms with van der Waals surface area (Å²) in [6, 6.07) is 23.6. The molecule has 0 aromatic heterocycles. The summed E-state index contributed by atoms with van der Waals surface area (Å²) in [5.41, 5.74) is 2.91. The lowest BCUT2D eigenvalue weighted by Gasteiger charge is -2.41. The number of rotatable bonds is 7. The van der Waals surface area contributed by atoms with Gasteiger partial charge in [0.25, 0.3) is 0 Å². The standard InChI is InChI=1S/C25H34N2/c1-3-9-22(10-4-1)15-18-27(21-23-11-5-2-6-12-23)25-16-19-26(20-17-25)24-13-7-8-14-24/h1-6,9-12,24-25H,7-8,13-21H2. The van der Waals surface area contributed by atoms with Crippen LogP contribution in [0.25, 0.3) is 0 Å². The van der Waals surface area contributed by atoms with E-state index in [4.69, 9.17) is 0 Å². The van der Waals surface area contributed by atoms with Gasteiger partial charge in [-0.25, -0.2) is 0 Å². The molecule has 2 aromatic carbocycles. The van der Waals surface area contributed by atoms with Gasteiger partial charge < -0.3 is 4.90 Å². The molecule has 2 heteroatoms. The Labute approximate surface area is 165 Å².